The largest absolute Gasteiger partial charge is 0.0877 e. The molecule has 0 unspecified atom stereocenters. The molecule has 1 heteroatoms. The number of rotatable bonds is 2. The zero-order valence-corrected chi connectivity index (χ0v) is 6.03. The lowest BCUT2D eigenvalue weighted by Gasteiger charge is -1.75. The first-order chi connectivity index (χ1) is 3.77. The van der Waals surface area contributed by atoms with Crippen molar-refractivity contribution in [1.82, 2.24) is 0 Å². The molecule has 44 valence electrons. The van der Waals surface area contributed by atoms with Crippen LogP contribution in [0.5, 0.6) is 0 Å². The molecule has 0 atom stereocenters. The Labute approximate surface area is 55.9 Å². The molecule has 0 fully saturated rings. The van der Waals surface area contributed by atoms with Gasteiger partial charge in [0.2, 0.25) is 0 Å². The van der Waals surface area contributed by atoms with Crippen LogP contribution in [0.2, 0.25) is 0 Å². The van der Waals surface area contributed by atoms with Crippen LogP contribution in [-0.2, 0) is 0 Å². The molecule has 0 N–H and O–H groups in total. The van der Waals surface area contributed by atoms with Crippen molar-refractivity contribution in [3.8, 4) is 0 Å². The van der Waals surface area contributed by atoms with Gasteiger partial charge in [0, 0.05) is 4.86 Å². The lowest BCUT2D eigenvalue weighted by molar-refractivity contribution is 1.74. The minimum atomic E-state index is 0.920. The van der Waals surface area contributed by atoms with Crippen LogP contribution in [0.15, 0.2) is 24.3 Å². The molecule has 0 radical (unpaired) electrons. The summed E-state index contributed by atoms with van der Waals surface area (Å²) in [5.74, 6) is 0. The van der Waals surface area contributed by atoms with Gasteiger partial charge in [-0.25, -0.2) is 0 Å². The fourth-order valence-electron chi connectivity index (χ4n) is 0.302. The summed E-state index contributed by atoms with van der Waals surface area (Å²) in [6.07, 6.45) is 7.75. The maximum absolute atomic E-state index is 4.79. The Bertz CT molecular complexity index is 120. The molecular formula is C7H10S. The Morgan fingerprint density at radius 3 is 2.38 bits per heavy atom. The first kappa shape index (κ1) is 7.57. The van der Waals surface area contributed by atoms with Gasteiger partial charge in [0.05, 0.1) is 0 Å². The van der Waals surface area contributed by atoms with E-state index in [0.29, 0.717) is 0 Å². The summed E-state index contributed by atoms with van der Waals surface area (Å²) in [4.78, 5) is 0.920. The summed E-state index contributed by atoms with van der Waals surface area (Å²) < 4.78 is 0. The third-order valence-corrected chi connectivity index (χ3v) is 0.771. The summed E-state index contributed by atoms with van der Waals surface area (Å²) in [6.45, 7) is 3.87. The Kier molecular flexibility index (Phi) is 4.47. The maximum Gasteiger partial charge on any atom is 0.0121 e. The maximum atomic E-state index is 4.79. The highest BCUT2D eigenvalue weighted by molar-refractivity contribution is 7.80. The Morgan fingerprint density at radius 1 is 1.38 bits per heavy atom. The molecule has 0 rings (SSSR count). The molecule has 0 amide bonds. The van der Waals surface area contributed by atoms with E-state index in [1.807, 2.05) is 38.2 Å². The monoisotopic (exact) mass is 126 g/mol. The molecule has 0 aromatic carbocycles. The lowest BCUT2D eigenvalue weighted by Crippen LogP contribution is -1.71. The van der Waals surface area contributed by atoms with E-state index in [1.54, 1.807) is 0 Å². The van der Waals surface area contributed by atoms with Crippen LogP contribution in [0.3, 0.4) is 0 Å². The third kappa shape index (κ3) is 5.57. The van der Waals surface area contributed by atoms with Gasteiger partial charge in [0.1, 0.15) is 0 Å². The van der Waals surface area contributed by atoms with Gasteiger partial charge in [0.25, 0.3) is 0 Å². The lowest BCUT2D eigenvalue weighted by atomic mass is 10.4. The molecule has 0 aliphatic rings. The number of thiocarbonyl (C=S) groups is 1. The normalized spacial score (nSPS) is 11.2. The summed E-state index contributed by atoms with van der Waals surface area (Å²) in [5.41, 5.74) is 0. The summed E-state index contributed by atoms with van der Waals surface area (Å²) in [6, 6.07) is 0. The van der Waals surface area contributed by atoms with Crippen LogP contribution in [0.4, 0.5) is 0 Å². The molecule has 0 aromatic heterocycles. The van der Waals surface area contributed by atoms with E-state index in [9.17, 15) is 0 Å². The van der Waals surface area contributed by atoms with Gasteiger partial charge in [-0.05, 0) is 19.9 Å². The standard InChI is InChI=1S/C7H10S/c1-3-4-5-6-7(2)8/h3-6H,1-2H3/b4-3-,6-5-. The van der Waals surface area contributed by atoms with E-state index in [0.717, 1.165) is 4.86 Å². The average molecular weight is 126 g/mol. The molecule has 0 spiro atoms. The Morgan fingerprint density at radius 2 is 2.00 bits per heavy atom. The van der Waals surface area contributed by atoms with Gasteiger partial charge in [-0.15, -0.1) is 0 Å². The highest BCUT2D eigenvalue weighted by atomic mass is 32.1. The van der Waals surface area contributed by atoms with E-state index in [2.05, 4.69) is 0 Å². The van der Waals surface area contributed by atoms with Crippen molar-refractivity contribution in [2.24, 2.45) is 0 Å². The summed E-state index contributed by atoms with van der Waals surface area (Å²) >= 11 is 4.79. The molecule has 0 saturated carbocycles. The quantitative estimate of drug-likeness (QED) is 0.311. The molecule has 0 nitrogen and oxygen atoms in total. The Hall–Kier alpha value is -0.430. The summed E-state index contributed by atoms with van der Waals surface area (Å²) in [7, 11) is 0. The zero-order chi connectivity index (χ0) is 6.41. The van der Waals surface area contributed by atoms with Crippen LogP contribution in [0.1, 0.15) is 13.8 Å². The molecule has 8 heavy (non-hydrogen) atoms. The van der Waals surface area contributed by atoms with E-state index in [1.165, 1.54) is 0 Å². The first-order valence-electron chi connectivity index (χ1n) is 2.57. The third-order valence-electron chi connectivity index (χ3n) is 0.634. The van der Waals surface area contributed by atoms with Crippen LogP contribution >= 0.6 is 12.2 Å². The second-order valence-electron chi connectivity index (χ2n) is 1.50. The van der Waals surface area contributed by atoms with Crippen molar-refractivity contribution < 1.29 is 0 Å². The van der Waals surface area contributed by atoms with Crippen LogP contribution in [0, 0.1) is 0 Å². The molecule has 0 bridgehead atoms. The summed E-state index contributed by atoms with van der Waals surface area (Å²) in [5, 5.41) is 0. The minimum absolute atomic E-state index is 0.920. The van der Waals surface area contributed by atoms with E-state index < -0.39 is 0 Å². The van der Waals surface area contributed by atoms with Gasteiger partial charge in [-0.1, -0.05) is 30.4 Å². The molecule has 0 aliphatic heterocycles. The average Bonchev–Trinajstić information content (AvgIpc) is 1.66. The van der Waals surface area contributed by atoms with Crippen LogP contribution in [0.25, 0.3) is 0 Å². The topological polar surface area (TPSA) is 0 Å². The van der Waals surface area contributed by atoms with Crippen molar-refractivity contribution in [3.05, 3.63) is 24.3 Å². The van der Waals surface area contributed by atoms with Crippen molar-refractivity contribution in [1.29, 1.82) is 0 Å². The van der Waals surface area contributed by atoms with Crippen molar-refractivity contribution in [3.63, 3.8) is 0 Å². The minimum Gasteiger partial charge on any atom is -0.0877 e. The zero-order valence-electron chi connectivity index (χ0n) is 5.22. The first-order valence-corrected chi connectivity index (χ1v) is 2.98. The van der Waals surface area contributed by atoms with Crippen molar-refractivity contribution >= 4 is 17.1 Å². The molecule has 0 aromatic rings. The van der Waals surface area contributed by atoms with Gasteiger partial charge < -0.3 is 0 Å². The SMILES string of the molecule is C/C=C\C=C/C(C)=S. The van der Waals surface area contributed by atoms with Gasteiger partial charge in [-0.2, -0.15) is 0 Å². The second kappa shape index (κ2) is 4.72. The predicted molar refractivity (Wildman–Crippen MR) is 42.2 cm³/mol. The molecule has 0 aliphatic carbocycles. The molecular weight excluding hydrogens is 116 g/mol. The fraction of sp³-hybridized carbons (Fsp3) is 0.286. The fourth-order valence-corrected chi connectivity index (χ4v) is 0.381. The van der Waals surface area contributed by atoms with Crippen molar-refractivity contribution in [2.75, 3.05) is 0 Å². The van der Waals surface area contributed by atoms with E-state index in [-0.39, 0.29) is 0 Å². The molecule has 0 saturated heterocycles. The predicted octanol–water partition coefficient (Wildman–Crippen LogP) is 2.51. The second-order valence-corrected chi connectivity index (χ2v) is 2.14. The van der Waals surface area contributed by atoms with Crippen LogP contribution in [-0.4, -0.2) is 4.86 Å². The molecule has 0 heterocycles. The van der Waals surface area contributed by atoms with Gasteiger partial charge in [-0.3, -0.25) is 0 Å². The van der Waals surface area contributed by atoms with E-state index in [4.69, 9.17) is 12.2 Å². The number of hydrogen-bond acceptors (Lipinski definition) is 1. The van der Waals surface area contributed by atoms with Crippen molar-refractivity contribution in [2.45, 2.75) is 13.8 Å². The Balaban J connectivity index is 3.50. The van der Waals surface area contributed by atoms with Gasteiger partial charge in [0.15, 0.2) is 0 Å². The van der Waals surface area contributed by atoms with E-state index >= 15 is 0 Å². The highest BCUT2D eigenvalue weighted by Crippen LogP contribution is 1.79. The smallest absolute Gasteiger partial charge is 0.0121 e. The van der Waals surface area contributed by atoms with Crippen LogP contribution < -0.4 is 0 Å². The highest BCUT2D eigenvalue weighted by Gasteiger charge is 1.69. The van der Waals surface area contributed by atoms with Gasteiger partial charge >= 0.3 is 0 Å². The number of hydrogen-bond donors (Lipinski definition) is 0. The number of allylic oxidation sites excluding steroid dienone is 4.